The third-order valence-electron chi connectivity index (χ3n) is 5.72. The van der Waals surface area contributed by atoms with E-state index < -0.39 is 10.8 Å². The third kappa shape index (κ3) is 3.55. The summed E-state index contributed by atoms with van der Waals surface area (Å²) < 4.78 is 5.36. The van der Waals surface area contributed by atoms with Crippen LogP contribution in [0.4, 0.5) is 5.69 Å². The maximum Gasteiger partial charge on any atom is 0.269 e. The normalized spacial score (nSPS) is 22.3. The van der Waals surface area contributed by atoms with Gasteiger partial charge in [0.25, 0.3) is 11.6 Å². The molecule has 4 rings (SSSR count). The highest BCUT2D eigenvalue weighted by Crippen LogP contribution is 2.43. The van der Waals surface area contributed by atoms with E-state index in [-0.39, 0.29) is 17.4 Å². The number of nitrogens with one attached hydrogen (secondary N) is 1. The van der Waals surface area contributed by atoms with Gasteiger partial charge >= 0.3 is 0 Å². The molecule has 1 fully saturated rings. The summed E-state index contributed by atoms with van der Waals surface area (Å²) in [5.41, 5.74) is 3.13. The quantitative estimate of drug-likeness (QED) is 0.621. The molecule has 152 valence electrons. The van der Waals surface area contributed by atoms with Crippen molar-refractivity contribution in [3.63, 3.8) is 0 Å². The van der Waals surface area contributed by atoms with Gasteiger partial charge in [-0.15, -0.1) is 0 Å². The summed E-state index contributed by atoms with van der Waals surface area (Å²) in [4.78, 5) is 38.9. The van der Waals surface area contributed by atoms with Gasteiger partial charge in [0.1, 0.15) is 0 Å². The number of carbonyl (C=O) groups excluding carboxylic acids is 2. The van der Waals surface area contributed by atoms with Gasteiger partial charge < -0.3 is 15.0 Å². The Kier molecular flexibility index (Phi) is 5.19. The summed E-state index contributed by atoms with van der Waals surface area (Å²) in [6.45, 7) is 3.74. The first-order chi connectivity index (χ1) is 14.0. The van der Waals surface area contributed by atoms with Crippen LogP contribution in [0.25, 0.3) is 0 Å². The van der Waals surface area contributed by atoms with E-state index in [2.05, 4.69) is 5.32 Å². The highest BCUT2D eigenvalue weighted by molar-refractivity contribution is 6.05. The van der Waals surface area contributed by atoms with Crippen LogP contribution in [0.1, 0.15) is 37.7 Å². The van der Waals surface area contributed by atoms with E-state index >= 15 is 0 Å². The van der Waals surface area contributed by atoms with Gasteiger partial charge in [-0.2, -0.15) is 0 Å². The van der Waals surface area contributed by atoms with E-state index in [1.54, 1.807) is 17.0 Å². The van der Waals surface area contributed by atoms with Crippen molar-refractivity contribution in [2.24, 2.45) is 0 Å². The van der Waals surface area contributed by atoms with E-state index in [9.17, 15) is 19.7 Å². The van der Waals surface area contributed by atoms with Crippen LogP contribution in [0.3, 0.4) is 0 Å². The van der Waals surface area contributed by atoms with Crippen molar-refractivity contribution in [3.8, 4) is 0 Å². The minimum absolute atomic E-state index is 0.00460. The largest absolute Gasteiger partial charge is 0.378 e. The van der Waals surface area contributed by atoms with Gasteiger partial charge in [0.2, 0.25) is 0 Å². The Balaban J connectivity index is 1.84. The number of allylic oxidation sites excluding steroid dienone is 3. The molecule has 1 aliphatic carbocycles. The number of non-ortho nitro benzene ring substituents is 1. The average molecular weight is 397 g/mol. The monoisotopic (exact) mass is 397 g/mol. The molecule has 1 atom stereocenters. The van der Waals surface area contributed by atoms with E-state index in [0.29, 0.717) is 55.1 Å². The minimum Gasteiger partial charge on any atom is -0.378 e. The lowest BCUT2D eigenvalue weighted by molar-refractivity contribution is -0.384. The molecule has 0 saturated carbocycles. The molecule has 1 N–H and O–H groups in total. The smallest absolute Gasteiger partial charge is 0.269 e. The van der Waals surface area contributed by atoms with E-state index in [0.717, 1.165) is 18.5 Å². The van der Waals surface area contributed by atoms with Gasteiger partial charge in [-0.25, -0.2) is 0 Å². The van der Waals surface area contributed by atoms with Gasteiger partial charge in [-0.05, 0) is 25.3 Å². The lowest BCUT2D eigenvalue weighted by atomic mass is 9.74. The maximum atomic E-state index is 13.5. The molecule has 0 spiro atoms. The second kappa shape index (κ2) is 7.79. The Morgan fingerprint density at radius 3 is 2.76 bits per heavy atom. The number of benzene rings is 1. The van der Waals surface area contributed by atoms with Gasteiger partial charge in [0.15, 0.2) is 5.78 Å². The number of morpholine rings is 1. The van der Waals surface area contributed by atoms with Gasteiger partial charge in [0, 0.05) is 60.1 Å². The minimum atomic E-state index is -0.603. The number of hydrogen-bond donors (Lipinski definition) is 1. The molecule has 0 unspecified atom stereocenters. The van der Waals surface area contributed by atoms with E-state index in [1.807, 2.05) is 6.92 Å². The summed E-state index contributed by atoms with van der Waals surface area (Å²) in [6, 6.07) is 6.26. The summed E-state index contributed by atoms with van der Waals surface area (Å²) in [5.74, 6) is -0.760. The molecule has 0 radical (unpaired) electrons. The Bertz CT molecular complexity index is 943. The molecule has 29 heavy (non-hydrogen) atoms. The predicted octanol–water partition coefficient (Wildman–Crippen LogP) is 2.42. The zero-order chi connectivity index (χ0) is 20.5. The number of amides is 1. The van der Waals surface area contributed by atoms with Crippen molar-refractivity contribution < 1.29 is 19.2 Å². The molecule has 1 aromatic rings. The molecule has 2 aliphatic heterocycles. The number of ketones is 1. The van der Waals surface area contributed by atoms with Crippen molar-refractivity contribution in [2.45, 2.75) is 32.1 Å². The summed E-state index contributed by atoms with van der Waals surface area (Å²) in [6.07, 6.45) is 1.90. The first-order valence-corrected chi connectivity index (χ1v) is 9.82. The van der Waals surface area contributed by atoms with Gasteiger partial charge in [-0.3, -0.25) is 19.7 Å². The molecular weight excluding hydrogens is 374 g/mol. The summed E-state index contributed by atoms with van der Waals surface area (Å²) in [7, 11) is 0. The SMILES string of the molecule is CC1=C(C(=O)N2CCOCC2)[C@H](c2cccc([N+](=O)[O-])c2)C2=C(CCCC2=O)N1. The summed E-state index contributed by atoms with van der Waals surface area (Å²) in [5, 5.41) is 14.6. The fourth-order valence-corrected chi connectivity index (χ4v) is 4.35. The number of Topliss-reactive ketones (excluding diaryl/α,β-unsaturated/α-hetero) is 1. The number of rotatable bonds is 3. The number of nitro groups is 1. The lowest BCUT2D eigenvalue weighted by Crippen LogP contribution is -2.44. The Hall–Kier alpha value is -3.00. The molecule has 2 heterocycles. The van der Waals surface area contributed by atoms with Crippen LogP contribution >= 0.6 is 0 Å². The van der Waals surface area contributed by atoms with Crippen molar-refractivity contribution >= 4 is 17.4 Å². The average Bonchev–Trinajstić information content (AvgIpc) is 2.73. The third-order valence-corrected chi connectivity index (χ3v) is 5.72. The molecule has 1 aromatic carbocycles. The Labute approximate surface area is 168 Å². The molecule has 0 bridgehead atoms. The number of dihydropyridines is 1. The zero-order valence-corrected chi connectivity index (χ0v) is 16.3. The Morgan fingerprint density at radius 2 is 2.03 bits per heavy atom. The predicted molar refractivity (Wildman–Crippen MR) is 105 cm³/mol. The van der Waals surface area contributed by atoms with Crippen LogP contribution in [0.2, 0.25) is 0 Å². The first-order valence-electron chi connectivity index (χ1n) is 9.82. The maximum absolute atomic E-state index is 13.5. The molecule has 3 aliphatic rings. The van der Waals surface area contributed by atoms with Crippen molar-refractivity contribution in [3.05, 3.63) is 62.5 Å². The van der Waals surface area contributed by atoms with Crippen molar-refractivity contribution in [2.75, 3.05) is 26.3 Å². The molecule has 1 saturated heterocycles. The number of nitro benzene ring substituents is 1. The van der Waals surface area contributed by atoms with Crippen LogP contribution < -0.4 is 5.32 Å². The second-order valence-electron chi connectivity index (χ2n) is 7.52. The van der Waals surface area contributed by atoms with Crippen LogP contribution in [0.5, 0.6) is 0 Å². The molecular formula is C21H23N3O5. The lowest BCUT2D eigenvalue weighted by Gasteiger charge is -2.37. The van der Waals surface area contributed by atoms with E-state index in [1.165, 1.54) is 12.1 Å². The van der Waals surface area contributed by atoms with Crippen LogP contribution in [0, 0.1) is 10.1 Å². The molecule has 8 heteroatoms. The standard InChI is InChI=1S/C21H23N3O5/c1-13-18(21(26)23-8-10-29-11-9-23)19(14-4-2-5-15(12-14)24(27)28)20-16(22-13)6-3-7-17(20)25/h2,4-5,12,19,22H,3,6-11H2,1H3/t19-/m0/s1. The first kappa shape index (κ1) is 19.3. The summed E-state index contributed by atoms with van der Waals surface area (Å²) >= 11 is 0. The second-order valence-corrected chi connectivity index (χ2v) is 7.52. The number of ether oxygens (including phenoxy) is 1. The highest BCUT2D eigenvalue weighted by atomic mass is 16.6. The topological polar surface area (TPSA) is 102 Å². The fourth-order valence-electron chi connectivity index (χ4n) is 4.35. The highest BCUT2D eigenvalue weighted by Gasteiger charge is 2.40. The number of carbonyl (C=O) groups is 2. The van der Waals surface area contributed by atoms with Crippen LogP contribution in [-0.4, -0.2) is 47.8 Å². The number of hydrogen-bond acceptors (Lipinski definition) is 6. The van der Waals surface area contributed by atoms with Crippen molar-refractivity contribution in [1.29, 1.82) is 0 Å². The van der Waals surface area contributed by atoms with Gasteiger partial charge in [-0.1, -0.05) is 12.1 Å². The van der Waals surface area contributed by atoms with E-state index in [4.69, 9.17) is 4.74 Å². The van der Waals surface area contributed by atoms with Crippen LogP contribution in [-0.2, 0) is 14.3 Å². The molecule has 0 aromatic heterocycles. The molecule has 8 nitrogen and oxygen atoms in total. The van der Waals surface area contributed by atoms with Crippen molar-refractivity contribution in [1.82, 2.24) is 10.2 Å². The van der Waals surface area contributed by atoms with Gasteiger partial charge in [0.05, 0.1) is 18.1 Å². The van der Waals surface area contributed by atoms with Crippen LogP contribution in [0.15, 0.2) is 46.8 Å². The fraction of sp³-hybridized carbons (Fsp3) is 0.429. The zero-order valence-electron chi connectivity index (χ0n) is 16.3. The Morgan fingerprint density at radius 1 is 1.28 bits per heavy atom. The molecule has 1 amide bonds. The number of nitrogens with zero attached hydrogens (tertiary/aromatic N) is 2.